The van der Waals surface area contributed by atoms with Gasteiger partial charge in [-0.15, -0.1) is 0 Å². The summed E-state index contributed by atoms with van der Waals surface area (Å²) in [5.41, 5.74) is 1.27. The number of fused-ring (bicyclic) bond motifs is 3. The highest BCUT2D eigenvalue weighted by atomic mass is 35.5. The van der Waals surface area contributed by atoms with Crippen LogP contribution in [-0.2, 0) is 0 Å². The minimum absolute atomic E-state index is 0.200. The second-order valence-electron chi connectivity index (χ2n) is 8.77. The second kappa shape index (κ2) is 9.07. The molecular weight excluding hydrogens is 474 g/mol. The average Bonchev–Trinajstić information content (AvgIpc) is 3.23. The van der Waals surface area contributed by atoms with E-state index in [4.69, 9.17) is 21.1 Å². The lowest BCUT2D eigenvalue weighted by Crippen LogP contribution is -2.44. The number of carbonyl (C=O) groups excluding carboxylic acids is 1. The first-order valence-electron chi connectivity index (χ1n) is 11.4. The fraction of sp³-hybridized carbons (Fsp3) is 0.207. The van der Waals surface area contributed by atoms with Crippen molar-refractivity contribution in [2.24, 2.45) is 5.41 Å². The monoisotopic (exact) mass is 495 g/mol. The molecule has 0 N–H and O–H groups in total. The van der Waals surface area contributed by atoms with Crippen LogP contribution >= 0.6 is 11.6 Å². The molecule has 3 unspecified atom stereocenters. The molecule has 3 aromatic carbocycles. The van der Waals surface area contributed by atoms with Gasteiger partial charge in [-0.3, -0.25) is 4.79 Å². The predicted octanol–water partition coefficient (Wildman–Crippen LogP) is 5.64. The fourth-order valence-electron chi connectivity index (χ4n) is 5.44. The largest absolute Gasteiger partial charge is 0.493 e. The Hall–Kier alpha value is -4.26. The third kappa shape index (κ3) is 3.42. The van der Waals surface area contributed by atoms with Crippen LogP contribution in [0.25, 0.3) is 6.08 Å². The standard InChI is InChI=1S/C29H22ClN3O3/c1-35-23-13-9-20(15-24(23)36-2)26-27(28(34)19-7-11-21(30)12-8-19)33-22-6-4-3-5-18(22)10-14-25(33)29(26,16-31)17-32/h3-15,25-27H,1-2H3. The Morgan fingerprint density at radius 2 is 1.67 bits per heavy atom. The summed E-state index contributed by atoms with van der Waals surface area (Å²) in [6, 6.07) is 22.8. The van der Waals surface area contributed by atoms with Crippen LogP contribution in [0, 0.1) is 28.1 Å². The van der Waals surface area contributed by atoms with Gasteiger partial charge in [0, 0.05) is 22.2 Å². The van der Waals surface area contributed by atoms with Gasteiger partial charge in [0.25, 0.3) is 0 Å². The van der Waals surface area contributed by atoms with Crippen LogP contribution in [0.1, 0.15) is 27.4 Å². The Bertz CT molecular complexity index is 1440. The molecule has 0 saturated carbocycles. The van der Waals surface area contributed by atoms with E-state index in [1.807, 2.05) is 41.3 Å². The normalized spacial score (nSPS) is 21.0. The fourth-order valence-corrected chi connectivity index (χ4v) is 5.57. The molecule has 2 aliphatic heterocycles. The molecule has 0 radical (unpaired) electrons. The molecule has 178 valence electrons. The smallest absolute Gasteiger partial charge is 0.185 e. The number of nitriles is 2. The lowest BCUT2D eigenvalue weighted by Gasteiger charge is -2.35. The van der Waals surface area contributed by atoms with E-state index in [1.54, 1.807) is 42.5 Å². The first kappa shape index (κ1) is 23.5. The molecule has 1 saturated heterocycles. The topological polar surface area (TPSA) is 86.4 Å². The van der Waals surface area contributed by atoms with Crippen LogP contribution in [0.15, 0.2) is 72.8 Å². The van der Waals surface area contributed by atoms with Crippen molar-refractivity contribution in [3.63, 3.8) is 0 Å². The van der Waals surface area contributed by atoms with Crippen molar-refractivity contribution >= 4 is 29.1 Å². The van der Waals surface area contributed by atoms with E-state index in [9.17, 15) is 15.3 Å². The highest BCUT2D eigenvalue weighted by Crippen LogP contribution is 2.56. The highest BCUT2D eigenvalue weighted by Gasteiger charge is 2.63. The number of methoxy groups -OCH3 is 2. The summed E-state index contributed by atoms with van der Waals surface area (Å²) in [5.74, 6) is -0.00851. The van der Waals surface area contributed by atoms with Crippen LogP contribution in [0.2, 0.25) is 5.02 Å². The second-order valence-corrected chi connectivity index (χ2v) is 9.21. The molecule has 0 amide bonds. The van der Waals surface area contributed by atoms with Crippen molar-refractivity contribution < 1.29 is 14.3 Å². The maximum Gasteiger partial charge on any atom is 0.185 e. The van der Waals surface area contributed by atoms with Crippen molar-refractivity contribution in [3.05, 3.63) is 94.5 Å². The number of anilines is 1. The SMILES string of the molecule is COc1ccc(C2C(C(=O)c3ccc(Cl)cc3)N3c4ccccc4C=CC3C2(C#N)C#N)cc1OC. The number of hydrogen-bond donors (Lipinski definition) is 0. The molecule has 7 heteroatoms. The summed E-state index contributed by atoms with van der Waals surface area (Å²) < 4.78 is 10.9. The first-order chi connectivity index (χ1) is 17.5. The number of Topliss-reactive ketones (excluding diaryl/α,β-unsaturated/α-hetero) is 1. The van der Waals surface area contributed by atoms with Gasteiger partial charge < -0.3 is 14.4 Å². The van der Waals surface area contributed by atoms with E-state index in [0.29, 0.717) is 27.6 Å². The molecule has 0 spiro atoms. The zero-order valence-corrected chi connectivity index (χ0v) is 20.4. The molecule has 0 aromatic heterocycles. The summed E-state index contributed by atoms with van der Waals surface area (Å²) in [7, 11) is 3.06. The zero-order chi connectivity index (χ0) is 25.4. The van der Waals surface area contributed by atoms with Crippen molar-refractivity contribution in [1.82, 2.24) is 0 Å². The lowest BCUT2D eigenvalue weighted by molar-refractivity contribution is 0.0951. The van der Waals surface area contributed by atoms with Gasteiger partial charge in [-0.1, -0.05) is 48.0 Å². The molecule has 2 heterocycles. The predicted molar refractivity (Wildman–Crippen MR) is 137 cm³/mol. The van der Waals surface area contributed by atoms with Gasteiger partial charge in [0.2, 0.25) is 0 Å². The van der Waals surface area contributed by atoms with Crippen molar-refractivity contribution in [2.45, 2.75) is 18.0 Å². The van der Waals surface area contributed by atoms with Crippen LogP contribution < -0.4 is 14.4 Å². The van der Waals surface area contributed by atoms with E-state index >= 15 is 0 Å². The Morgan fingerprint density at radius 1 is 0.972 bits per heavy atom. The summed E-state index contributed by atoms with van der Waals surface area (Å²) in [6.45, 7) is 0. The molecule has 0 aliphatic carbocycles. The average molecular weight is 496 g/mol. The number of ketones is 1. The van der Waals surface area contributed by atoms with E-state index in [-0.39, 0.29) is 5.78 Å². The van der Waals surface area contributed by atoms with Gasteiger partial charge in [-0.25, -0.2) is 0 Å². The number of ether oxygens (including phenoxy) is 2. The van der Waals surface area contributed by atoms with Gasteiger partial charge in [0.05, 0.1) is 32.4 Å². The number of rotatable bonds is 5. The van der Waals surface area contributed by atoms with Crippen molar-refractivity contribution in [2.75, 3.05) is 19.1 Å². The number of carbonyl (C=O) groups is 1. The molecule has 5 rings (SSSR count). The minimum Gasteiger partial charge on any atom is -0.493 e. The molecule has 3 aromatic rings. The maximum absolute atomic E-state index is 14.2. The molecule has 36 heavy (non-hydrogen) atoms. The number of hydrogen-bond acceptors (Lipinski definition) is 6. The molecule has 1 fully saturated rings. The van der Waals surface area contributed by atoms with E-state index < -0.39 is 23.4 Å². The van der Waals surface area contributed by atoms with Gasteiger partial charge in [0.1, 0.15) is 6.04 Å². The van der Waals surface area contributed by atoms with Crippen LogP contribution in [0.5, 0.6) is 11.5 Å². The Labute approximate surface area is 214 Å². The van der Waals surface area contributed by atoms with E-state index in [0.717, 1.165) is 11.3 Å². The summed E-state index contributed by atoms with van der Waals surface area (Å²) >= 11 is 6.09. The van der Waals surface area contributed by atoms with E-state index in [2.05, 4.69) is 12.1 Å². The maximum atomic E-state index is 14.2. The zero-order valence-electron chi connectivity index (χ0n) is 19.7. The third-order valence-electron chi connectivity index (χ3n) is 7.08. The Kier molecular flexibility index (Phi) is 5.92. The first-order valence-corrected chi connectivity index (χ1v) is 11.8. The minimum atomic E-state index is -1.55. The molecular formula is C29H22ClN3O3. The summed E-state index contributed by atoms with van der Waals surface area (Å²) in [4.78, 5) is 16.2. The Morgan fingerprint density at radius 3 is 2.33 bits per heavy atom. The molecule has 0 bridgehead atoms. The number of para-hydroxylation sites is 1. The molecule has 2 aliphatic rings. The number of nitrogens with zero attached hydrogens (tertiary/aromatic N) is 3. The van der Waals surface area contributed by atoms with Crippen molar-refractivity contribution in [3.8, 4) is 23.6 Å². The summed E-state index contributed by atoms with van der Waals surface area (Å²) in [5, 5.41) is 21.6. The Balaban J connectivity index is 1.78. The van der Waals surface area contributed by atoms with E-state index in [1.165, 1.54) is 14.2 Å². The third-order valence-corrected chi connectivity index (χ3v) is 7.33. The van der Waals surface area contributed by atoms with Gasteiger partial charge in [-0.05, 0) is 53.6 Å². The van der Waals surface area contributed by atoms with Gasteiger partial charge >= 0.3 is 0 Å². The van der Waals surface area contributed by atoms with Crippen molar-refractivity contribution in [1.29, 1.82) is 10.5 Å². The summed E-state index contributed by atoms with van der Waals surface area (Å²) in [6.07, 6.45) is 3.78. The molecule has 6 nitrogen and oxygen atoms in total. The molecule has 3 atom stereocenters. The van der Waals surface area contributed by atoms with Gasteiger partial charge in [0.15, 0.2) is 22.7 Å². The quantitative estimate of drug-likeness (QED) is 0.426. The number of benzene rings is 3. The highest BCUT2D eigenvalue weighted by molar-refractivity contribution is 6.30. The van der Waals surface area contributed by atoms with Crippen LogP contribution in [0.3, 0.4) is 0 Å². The van der Waals surface area contributed by atoms with Crippen LogP contribution in [-0.4, -0.2) is 32.1 Å². The van der Waals surface area contributed by atoms with Crippen LogP contribution in [0.4, 0.5) is 5.69 Å². The van der Waals surface area contributed by atoms with Gasteiger partial charge in [-0.2, -0.15) is 10.5 Å². The number of halogens is 1. The lowest BCUT2D eigenvalue weighted by atomic mass is 9.69.